The Balaban J connectivity index is 5.70. The highest BCUT2D eigenvalue weighted by molar-refractivity contribution is 7.96. The molecule has 0 rings (SSSR count). The van der Waals surface area contributed by atoms with E-state index in [4.69, 9.17) is 0 Å². The van der Waals surface area contributed by atoms with Gasteiger partial charge in [-0.1, -0.05) is 0 Å². The van der Waals surface area contributed by atoms with Crippen molar-refractivity contribution in [3.05, 3.63) is 0 Å². The number of carbonyl (C=O) groups is 1. The molecule has 0 N–H and O–H groups in total. The summed E-state index contributed by atoms with van der Waals surface area (Å²) in [5.74, 6) is -2.66. The molecule has 0 saturated heterocycles. The number of alkyl halides is 6. The molecule has 0 radical (unpaired) electrons. The Hall–Kier alpha value is -0.720. The van der Waals surface area contributed by atoms with Gasteiger partial charge in [0.2, 0.25) is 0 Å². The van der Waals surface area contributed by atoms with Gasteiger partial charge in [0.15, 0.2) is 0 Å². The summed E-state index contributed by atoms with van der Waals surface area (Å²) >= 11 is -1.53. The fraction of sp³-hybridized carbons (Fsp3) is 0.857. The van der Waals surface area contributed by atoms with Crippen LogP contribution in [0.4, 0.5) is 26.3 Å². The molecule has 114 valence electrons. The first-order chi connectivity index (χ1) is 8.40. The second-order valence-corrected chi connectivity index (χ2v) is 4.27. The number of rotatable bonds is 5. The van der Waals surface area contributed by atoms with Gasteiger partial charge in [0.1, 0.15) is 0 Å². The van der Waals surface area contributed by atoms with Gasteiger partial charge in [-0.05, 0) is 13.8 Å². The van der Waals surface area contributed by atoms with Crippen LogP contribution in [0.25, 0.3) is 0 Å². The maximum atomic E-state index is 12.6. The van der Waals surface area contributed by atoms with Crippen LogP contribution in [0.5, 0.6) is 0 Å². The molecule has 0 bridgehead atoms. The molecular formula is C7H7F6O5S-. The summed E-state index contributed by atoms with van der Waals surface area (Å²) in [5, 5.41) is 11.9. The standard InChI is InChI=1S/C7H8F6O5S/c1-3(2)16-4(14)5(6(8,9)10,7(11,12)13)19-18-17-15/h3,15H,1-2H3/p-1. The maximum absolute atomic E-state index is 12.6. The van der Waals surface area contributed by atoms with Crippen LogP contribution in [0.3, 0.4) is 0 Å². The van der Waals surface area contributed by atoms with Crippen molar-refractivity contribution in [2.24, 2.45) is 0 Å². The monoisotopic (exact) mass is 317 g/mol. The number of hydrogen-bond acceptors (Lipinski definition) is 6. The predicted octanol–water partition coefficient (Wildman–Crippen LogP) is 1.67. The van der Waals surface area contributed by atoms with Crippen molar-refractivity contribution < 1.29 is 50.5 Å². The highest BCUT2D eigenvalue weighted by Crippen LogP contribution is 2.53. The largest absolute Gasteiger partial charge is 0.691 e. The molecule has 5 nitrogen and oxygen atoms in total. The molecule has 0 spiro atoms. The van der Waals surface area contributed by atoms with E-state index >= 15 is 0 Å². The predicted molar refractivity (Wildman–Crippen MR) is 45.8 cm³/mol. The summed E-state index contributed by atoms with van der Waals surface area (Å²) in [6.07, 6.45) is -13.5. The number of halogens is 6. The highest BCUT2D eigenvalue weighted by Gasteiger charge is 2.79. The molecule has 0 amide bonds. The first-order valence-electron chi connectivity index (χ1n) is 4.39. The zero-order valence-electron chi connectivity index (χ0n) is 9.29. The van der Waals surface area contributed by atoms with Gasteiger partial charge >= 0.3 is 23.1 Å². The molecule has 0 saturated carbocycles. The van der Waals surface area contributed by atoms with E-state index < -0.39 is 41.2 Å². The first kappa shape index (κ1) is 18.3. The van der Waals surface area contributed by atoms with Gasteiger partial charge in [-0.25, -0.2) is 4.79 Å². The maximum Gasteiger partial charge on any atom is 0.425 e. The molecule has 0 heterocycles. The van der Waals surface area contributed by atoms with E-state index in [1.807, 2.05) is 0 Å². The zero-order valence-corrected chi connectivity index (χ0v) is 10.1. The van der Waals surface area contributed by atoms with E-state index in [9.17, 15) is 36.4 Å². The van der Waals surface area contributed by atoms with E-state index in [1.165, 1.54) is 0 Å². The molecule has 0 aliphatic carbocycles. The third-order valence-corrected chi connectivity index (χ3v) is 2.62. The van der Waals surface area contributed by atoms with Gasteiger partial charge in [0.25, 0.3) is 0 Å². The summed E-state index contributed by atoms with van der Waals surface area (Å²) in [6.45, 7) is 2.09. The van der Waals surface area contributed by atoms with Crippen LogP contribution in [-0.4, -0.2) is 29.2 Å². The third-order valence-electron chi connectivity index (χ3n) is 1.62. The molecule has 0 aromatic heterocycles. The lowest BCUT2D eigenvalue weighted by atomic mass is 10.1. The van der Waals surface area contributed by atoms with Crippen LogP contribution in [0, 0.1) is 0 Å². The van der Waals surface area contributed by atoms with E-state index in [0.29, 0.717) is 0 Å². The number of esters is 1. The summed E-state index contributed by atoms with van der Waals surface area (Å²) in [6, 6.07) is 0. The Bertz CT molecular complexity index is 300. The van der Waals surface area contributed by atoms with E-state index in [-0.39, 0.29) is 0 Å². The molecule has 0 aromatic carbocycles. The van der Waals surface area contributed by atoms with E-state index in [0.717, 1.165) is 13.8 Å². The van der Waals surface area contributed by atoms with Gasteiger partial charge in [0, 0.05) is 0 Å². The fourth-order valence-electron chi connectivity index (χ4n) is 0.883. The minimum absolute atomic E-state index is 1.05. The average Bonchev–Trinajstić information content (AvgIpc) is 2.12. The smallest absolute Gasteiger partial charge is 0.425 e. The van der Waals surface area contributed by atoms with E-state index in [2.05, 4.69) is 14.1 Å². The summed E-state index contributed by atoms with van der Waals surface area (Å²) in [7, 11) is 0. The second kappa shape index (κ2) is 6.15. The summed E-state index contributed by atoms with van der Waals surface area (Å²) in [4.78, 5) is 11.2. The highest BCUT2D eigenvalue weighted by atomic mass is 32.2. The number of hydrogen-bond donors (Lipinski definition) is 0. The van der Waals surface area contributed by atoms with Crippen LogP contribution < -0.4 is 5.26 Å². The average molecular weight is 317 g/mol. The third kappa shape index (κ3) is 3.87. The fourth-order valence-corrected chi connectivity index (χ4v) is 1.32. The lowest BCUT2D eigenvalue weighted by Crippen LogP contribution is -2.61. The number of carbonyl (C=O) groups excluding carboxylic acids is 1. The summed E-state index contributed by atoms with van der Waals surface area (Å²) in [5.41, 5.74) is 0. The lowest BCUT2D eigenvalue weighted by molar-refractivity contribution is -0.777. The first-order valence-corrected chi connectivity index (χ1v) is 5.13. The van der Waals surface area contributed by atoms with Gasteiger partial charge in [0.05, 0.1) is 18.1 Å². The molecule has 12 heteroatoms. The van der Waals surface area contributed by atoms with Gasteiger partial charge in [-0.3, -0.25) is 5.04 Å². The quantitative estimate of drug-likeness (QED) is 0.253. The Morgan fingerprint density at radius 1 is 1.11 bits per heavy atom. The lowest BCUT2D eigenvalue weighted by Gasteiger charge is -2.33. The van der Waals surface area contributed by atoms with Crippen molar-refractivity contribution in [3.63, 3.8) is 0 Å². The molecule has 0 aliphatic rings. The normalized spacial score (nSPS) is 13.8. The number of ether oxygens (including phenoxy) is 1. The Morgan fingerprint density at radius 3 is 1.79 bits per heavy atom. The molecule has 0 unspecified atom stereocenters. The molecule has 0 aromatic rings. The Kier molecular flexibility index (Phi) is 5.92. The van der Waals surface area contributed by atoms with Crippen molar-refractivity contribution >= 4 is 18.0 Å². The van der Waals surface area contributed by atoms with Gasteiger partial charge in [-0.2, -0.15) is 30.7 Å². The second-order valence-electron chi connectivity index (χ2n) is 3.35. The topological polar surface area (TPSA) is 67.8 Å². The van der Waals surface area contributed by atoms with E-state index in [1.54, 1.807) is 0 Å². The molecular weight excluding hydrogens is 310 g/mol. The van der Waals surface area contributed by atoms with Crippen LogP contribution in [0.1, 0.15) is 13.8 Å². The van der Waals surface area contributed by atoms with Crippen LogP contribution in [-0.2, 0) is 18.9 Å². The van der Waals surface area contributed by atoms with Crippen molar-refractivity contribution in [1.82, 2.24) is 0 Å². The Morgan fingerprint density at radius 2 is 1.53 bits per heavy atom. The van der Waals surface area contributed by atoms with Gasteiger partial charge < -0.3 is 9.99 Å². The van der Waals surface area contributed by atoms with Crippen LogP contribution in [0.15, 0.2) is 0 Å². The molecule has 0 fully saturated rings. The SMILES string of the molecule is CC(C)OC(=O)C(SOO[O-])(C(F)(F)F)C(F)(F)F. The minimum atomic E-state index is -6.12. The zero-order chi connectivity index (χ0) is 15.5. The van der Waals surface area contributed by atoms with Crippen molar-refractivity contribution in [2.75, 3.05) is 0 Å². The van der Waals surface area contributed by atoms with Crippen LogP contribution >= 0.6 is 12.0 Å². The Labute approximate surface area is 106 Å². The summed E-state index contributed by atoms with van der Waals surface area (Å²) < 4.78 is 77.6. The van der Waals surface area contributed by atoms with Crippen LogP contribution in [0.2, 0.25) is 0 Å². The minimum Gasteiger partial charge on any atom is -0.691 e. The van der Waals surface area contributed by atoms with Crippen molar-refractivity contribution in [1.29, 1.82) is 0 Å². The van der Waals surface area contributed by atoms with Crippen molar-refractivity contribution in [2.45, 2.75) is 37.1 Å². The van der Waals surface area contributed by atoms with Gasteiger partial charge in [-0.15, -0.1) is 0 Å². The van der Waals surface area contributed by atoms with Crippen molar-refractivity contribution in [3.8, 4) is 0 Å². The molecule has 0 aliphatic heterocycles. The molecule has 19 heavy (non-hydrogen) atoms. The molecule has 0 atom stereocenters.